The average molecular weight is 370 g/mol. The lowest BCUT2D eigenvalue weighted by Gasteiger charge is -2.27. The van der Waals surface area contributed by atoms with Crippen LogP contribution in [-0.2, 0) is 9.53 Å². The third-order valence-corrected chi connectivity index (χ3v) is 3.85. The average Bonchev–Trinajstić information content (AvgIpc) is 2.46. The van der Waals surface area contributed by atoms with Crippen molar-refractivity contribution in [1.29, 1.82) is 0 Å². The fourth-order valence-electron chi connectivity index (χ4n) is 2.17. The molecule has 1 aliphatic rings. The number of hydrogen-bond donors (Lipinski definition) is 2. The van der Waals surface area contributed by atoms with E-state index in [0.717, 1.165) is 0 Å². The minimum Gasteiger partial charge on any atom is -0.466 e. The van der Waals surface area contributed by atoms with Gasteiger partial charge in [-0.3, -0.25) is 10.1 Å². The van der Waals surface area contributed by atoms with E-state index in [-0.39, 0.29) is 11.3 Å². The number of ether oxygens (including phenoxy) is 1. The molecular formula is C13H12BrN3O5. The second-order valence-electron chi connectivity index (χ2n) is 4.53. The minimum atomic E-state index is -0.826. The Labute approximate surface area is 133 Å². The lowest BCUT2D eigenvalue weighted by Crippen LogP contribution is -2.45. The normalized spacial score (nSPS) is 17.6. The Kier molecular flexibility index (Phi) is 4.45. The predicted octanol–water partition coefficient (Wildman–Crippen LogP) is 2.16. The van der Waals surface area contributed by atoms with Crippen LogP contribution >= 0.6 is 15.9 Å². The number of nitro groups is 1. The molecule has 22 heavy (non-hydrogen) atoms. The topological polar surface area (TPSA) is 111 Å². The molecule has 0 radical (unpaired) electrons. The van der Waals surface area contributed by atoms with Gasteiger partial charge in [0.2, 0.25) is 0 Å². The molecule has 1 aromatic carbocycles. The first-order chi connectivity index (χ1) is 10.3. The SMILES string of the molecule is COC(=O)C1=C(C)NC(=O)NC1c1ccc(Br)c([N+](=O)[O-])c1. The van der Waals surface area contributed by atoms with Gasteiger partial charge in [0.05, 0.1) is 28.1 Å². The molecule has 2 N–H and O–H groups in total. The van der Waals surface area contributed by atoms with Gasteiger partial charge in [-0.05, 0) is 34.5 Å². The maximum absolute atomic E-state index is 11.9. The molecule has 0 saturated heterocycles. The number of esters is 1. The van der Waals surface area contributed by atoms with Crippen molar-refractivity contribution in [2.75, 3.05) is 7.11 Å². The molecule has 8 nitrogen and oxygen atoms in total. The maximum atomic E-state index is 11.9. The van der Waals surface area contributed by atoms with Crippen molar-refractivity contribution in [3.8, 4) is 0 Å². The van der Waals surface area contributed by atoms with Gasteiger partial charge in [-0.2, -0.15) is 0 Å². The monoisotopic (exact) mass is 369 g/mol. The number of rotatable bonds is 3. The molecule has 1 aliphatic heterocycles. The second-order valence-corrected chi connectivity index (χ2v) is 5.38. The summed E-state index contributed by atoms with van der Waals surface area (Å²) in [5.41, 5.74) is 0.779. The number of methoxy groups -OCH3 is 1. The van der Waals surface area contributed by atoms with Crippen molar-refractivity contribution in [3.63, 3.8) is 0 Å². The van der Waals surface area contributed by atoms with E-state index in [9.17, 15) is 19.7 Å². The van der Waals surface area contributed by atoms with Crippen LogP contribution in [0.5, 0.6) is 0 Å². The molecule has 0 aliphatic carbocycles. The van der Waals surface area contributed by atoms with Gasteiger partial charge in [0, 0.05) is 11.8 Å². The van der Waals surface area contributed by atoms with E-state index >= 15 is 0 Å². The van der Waals surface area contributed by atoms with Crippen LogP contribution in [0.2, 0.25) is 0 Å². The predicted molar refractivity (Wildman–Crippen MR) is 79.9 cm³/mol. The highest BCUT2D eigenvalue weighted by Gasteiger charge is 2.32. The first-order valence-electron chi connectivity index (χ1n) is 6.15. The number of carbonyl (C=O) groups is 2. The number of carbonyl (C=O) groups excluding carboxylic acids is 2. The van der Waals surface area contributed by atoms with Gasteiger partial charge in [0.1, 0.15) is 0 Å². The van der Waals surface area contributed by atoms with Crippen LogP contribution in [0.15, 0.2) is 33.9 Å². The Balaban J connectivity index is 2.55. The van der Waals surface area contributed by atoms with Crippen molar-refractivity contribution >= 4 is 33.6 Å². The number of allylic oxidation sites excluding steroid dienone is 1. The lowest BCUT2D eigenvalue weighted by atomic mass is 9.95. The van der Waals surface area contributed by atoms with Gasteiger partial charge < -0.3 is 15.4 Å². The van der Waals surface area contributed by atoms with E-state index < -0.39 is 23.0 Å². The van der Waals surface area contributed by atoms with Gasteiger partial charge in [0.15, 0.2) is 0 Å². The third-order valence-electron chi connectivity index (χ3n) is 3.17. The minimum absolute atomic E-state index is 0.160. The highest BCUT2D eigenvalue weighted by atomic mass is 79.9. The largest absolute Gasteiger partial charge is 0.466 e. The molecule has 1 atom stereocenters. The van der Waals surface area contributed by atoms with Crippen LogP contribution in [0.25, 0.3) is 0 Å². The van der Waals surface area contributed by atoms with Gasteiger partial charge in [-0.1, -0.05) is 6.07 Å². The summed E-state index contributed by atoms with van der Waals surface area (Å²) < 4.78 is 5.02. The third kappa shape index (κ3) is 2.93. The number of benzene rings is 1. The second kappa shape index (κ2) is 6.14. The fourth-order valence-corrected chi connectivity index (χ4v) is 2.56. The summed E-state index contributed by atoms with van der Waals surface area (Å²) in [6.07, 6.45) is 0. The molecule has 0 bridgehead atoms. The molecule has 0 spiro atoms. The number of urea groups is 1. The smallest absolute Gasteiger partial charge is 0.337 e. The van der Waals surface area contributed by atoms with E-state index in [0.29, 0.717) is 15.7 Å². The fraction of sp³-hybridized carbons (Fsp3) is 0.231. The van der Waals surface area contributed by atoms with Crippen LogP contribution in [0.1, 0.15) is 18.5 Å². The number of nitrogens with zero attached hydrogens (tertiary/aromatic N) is 1. The molecule has 116 valence electrons. The molecule has 1 unspecified atom stereocenters. The van der Waals surface area contributed by atoms with Gasteiger partial charge in [0.25, 0.3) is 5.69 Å². The van der Waals surface area contributed by atoms with Gasteiger partial charge >= 0.3 is 12.0 Å². The molecule has 1 heterocycles. The lowest BCUT2D eigenvalue weighted by molar-refractivity contribution is -0.385. The van der Waals surface area contributed by atoms with Crippen molar-refractivity contribution in [2.24, 2.45) is 0 Å². The van der Waals surface area contributed by atoms with Crippen LogP contribution in [0.4, 0.5) is 10.5 Å². The summed E-state index contributed by atoms with van der Waals surface area (Å²) in [4.78, 5) is 34.1. The summed E-state index contributed by atoms with van der Waals surface area (Å²) >= 11 is 3.09. The van der Waals surface area contributed by atoms with E-state index in [1.807, 2.05) is 0 Å². The highest BCUT2D eigenvalue weighted by molar-refractivity contribution is 9.10. The van der Waals surface area contributed by atoms with Crippen LogP contribution in [0, 0.1) is 10.1 Å². The Morgan fingerprint density at radius 3 is 2.73 bits per heavy atom. The van der Waals surface area contributed by atoms with Crippen molar-refractivity contribution < 1.29 is 19.2 Å². The van der Waals surface area contributed by atoms with Crippen LogP contribution in [0.3, 0.4) is 0 Å². The van der Waals surface area contributed by atoms with E-state index in [2.05, 4.69) is 26.6 Å². The summed E-state index contributed by atoms with van der Waals surface area (Å²) in [6.45, 7) is 1.56. The molecule has 9 heteroatoms. The summed E-state index contributed by atoms with van der Waals surface area (Å²) in [5, 5.41) is 16.1. The molecule has 2 amide bonds. The quantitative estimate of drug-likeness (QED) is 0.481. The first-order valence-corrected chi connectivity index (χ1v) is 6.95. The highest BCUT2D eigenvalue weighted by Crippen LogP contribution is 2.33. The van der Waals surface area contributed by atoms with Gasteiger partial charge in [-0.15, -0.1) is 0 Å². The Morgan fingerprint density at radius 1 is 1.45 bits per heavy atom. The summed E-state index contributed by atoms with van der Waals surface area (Å²) in [6, 6.07) is 3.06. The standard InChI is InChI=1S/C13H12BrN3O5/c1-6-10(12(18)22-2)11(16-13(19)15-6)7-3-4-8(14)9(5-7)17(20)21/h3-5,11H,1-2H3,(H2,15,16,19). The van der Waals surface area contributed by atoms with Crippen LogP contribution < -0.4 is 10.6 Å². The van der Waals surface area contributed by atoms with E-state index in [4.69, 9.17) is 4.74 Å². The summed E-state index contributed by atoms with van der Waals surface area (Å²) in [5.74, 6) is -0.624. The maximum Gasteiger partial charge on any atom is 0.337 e. The number of halogens is 1. The van der Waals surface area contributed by atoms with E-state index in [1.54, 1.807) is 13.0 Å². The molecule has 2 rings (SSSR count). The zero-order chi connectivity index (χ0) is 16.4. The summed E-state index contributed by atoms with van der Waals surface area (Å²) in [7, 11) is 1.22. The number of nitro benzene ring substituents is 1. The van der Waals surface area contributed by atoms with Crippen LogP contribution in [-0.4, -0.2) is 24.0 Å². The van der Waals surface area contributed by atoms with Crippen molar-refractivity contribution in [3.05, 3.63) is 49.6 Å². The van der Waals surface area contributed by atoms with E-state index in [1.165, 1.54) is 19.2 Å². The molecular weight excluding hydrogens is 358 g/mol. The molecule has 1 aromatic rings. The molecule has 0 aromatic heterocycles. The van der Waals surface area contributed by atoms with Gasteiger partial charge in [-0.25, -0.2) is 9.59 Å². The zero-order valence-electron chi connectivity index (χ0n) is 11.7. The molecule has 0 fully saturated rings. The first kappa shape index (κ1) is 16.0. The Hall–Kier alpha value is -2.42. The Morgan fingerprint density at radius 2 is 2.14 bits per heavy atom. The zero-order valence-corrected chi connectivity index (χ0v) is 13.3. The Bertz CT molecular complexity index is 701. The number of amides is 2. The number of hydrogen-bond acceptors (Lipinski definition) is 5. The number of nitrogens with one attached hydrogen (secondary N) is 2. The molecule has 0 saturated carbocycles. The van der Waals surface area contributed by atoms with Crippen molar-refractivity contribution in [2.45, 2.75) is 13.0 Å². The van der Waals surface area contributed by atoms with Crippen molar-refractivity contribution in [1.82, 2.24) is 10.6 Å².